The lowest BCUT2D eigenvalue weighted by molar-refractivity contribution is 0.0953. The van der Waals surface area contributed by atoms with Crippen LogP contribution in [0.2, 0.25) is 5.02 Å². The van der Waals surface area contributed by atoms with Gasteiger partial charge in [-0.3, -0.25) is 4.79 Å². The summed E-state index contributed by atoms with van der Waals surface area (Å²) < 4.78 is 37.6. The van der Waals surface area contributed by atoms with Crippen LogP contribution in [0.25, 0.3) is 11.1 Å². The molecule has 0 saturated heterocycles. The molecule has 0 aliphatic heterocycles. The minimum atomic E-state index is -3.71. The number of amides is 1. The monoisotopic (exact) mass is 563 g/mol. The van der Waals surface area contributed by atoms with E-state index in [1.807, 2.05) is 36.4 Å². The molecule has 0 aliphatic carbocycles. The van der Waals surface area contributed by atoms with E-state index in [2.05, 4.69) is 5.32 Å². The molecule has 8 heteroatoms. The summed E-state index contributed by atoms with van der Waals surface area (Å²) in [7, 11) is -0.692. The number of hydrogen-bond donors (Lipinski definition) is 1. The Kier molecular flexibility index (Phi) is 9.28. The van der Waals surface area contributed by atoms with E-state index in [9.17, 15) is 13.2 Å². The average Bonchev–Trinajstić information content (AvgIpc) is 2.95. The fourth-order valence-corrected chi connectivity index (χ4v) is 6.03. The van der Waals surface area contributed by atoms with E-state index in [-0.39, 0.29) is 16.6 Å². The first kappa shape index (κ1) is 28.2. The van der Waals surface area contributed by atoms with Gasteiger partial charge in [0.1, 0.15) is 16.4 Å². The molecule has 1 N–H and O–H groups in total. The van der Waals surface area contributed by atoms with Crippen molar-refractivity contribution in [2.45, 2.75) is 23.5 Å². The van der Waals surface area contributed by atoms with Crippen molar-refractivity contribution in [2.75, 3.05) is 20.8 Å². The number of carbonyl (C=O) groups is 1. The first-order valence-corrected chi connectivity index (χ1v) is 14.5. The number of nitrogens with one attached hydrogen (secondary N) is 1. The minimum Gasteiger partial charge on any atom is -0.497 e. The van der Waals surface area contributed by atoms with E-state index in [0.29, 0.717) is 47.0 Å². The summed E-state index contributed by atoms with van der Waals surface area (Å²) in [6, 6.07) is 26.9. The number of halogens is 1. The van der Waals surface area contributed by atoms with Gasteiger partial charge < -0.3 is 14.8 Å². The molecule has 202 valence electrons. The van der Waals surface area contributed by atoms with Crippen LogP contribution in [-0.4, -0.2) is 35.1 Å². The lowest BCUT2D eigenvalue weighted by Gasteiger charge is -2.13. The standard InChI is InChI=1S/C31H30ClNO5S/c1-37-28-13-5-11-26(19-28)31(34)33-16-6-9-22-7-3-8-23(17-22)21-39(35,36)30-20-25(14-15-29(30)38-2)24-10-4-12-27(32)18-24/h3-5,7-8,10-15,17-20H,6,9,16,21H2,1-2H3,(H,33,34). The molecule has 39 heavy (non-hydrogen) atoms. The molecule has 0 bridgehead atoms. The number of sulfone groups is 1. The lowest BCUT2D eigenvalue weighted by Crippen LogP contribution is -2.24. The van der Waals surface area contributed by atoms with Crippen molar-refractivity contribution in [3.05, 3.63) is 113 Å². The van der Waals surface area contributed by atoms with Crippen LogP contribution in [-0.2, 0) is 22.0 Å². The summed E-state index contributed by atoms with van der Waals surface area (Å²) in [5, 5.41) is 3.49. The van der Waals surface area contributed by atoms with E-state index >= 15 is 0 Å². The van der Waals surface area contributed by atoms with Crippen LogP contribution in [0.1, 0.15) is 27.9 Å². The highest BCUT2D eigenvalue weighted by Crippen LogP contribution is 2.33. The number of aryl methyl sites for hydroxylation is 1. The van der Waals surface area contributed by atoms with Crippen molar-refractivity contribution >= 4 is 27.3 Å². The Labute approximate surface area is 234 Å². The highest BCUT2D eigenvalue weighted by molar-refractivity contribution is 7.90. The number of hydrogen-bond acceptors (Lipinski definition) is 5. The molecule has 4 aromatic carbocycles. The second-order valence-corrected chi connectivity index (χ2v) is 11.4. The predicted octanol–water partition coefficient (Wildman–Crippen LogP) is 6.36. The zero-order valence-electron chi connectivity index (χ0n) is 21.8. The van der Waals surface area contributed by atoms with Gasteiger partial charge in [-0.25, -0.2) is 8.42 Å². The van der Waals surface area contributed by atoms with Gasteiger partial charge in [0.05, 0.1) is 20.0 Å². The molecule has 1 amide bonds. The molecule has 0 aliphatic rings. The van der Waals surface area contributed by atoms with Gasteiger partial charge in [0, 0.05) is 17.1 Å². The van der Waals surface area contributed by atoms with Gasteiger partial charge in [-0.05, 0) is 77.6 Å². The van der Waals surface area contributed by atoms with Crippen molar-refractivity contribution in [3.8, 4) is 22.6 Å². The Bertz CT molecular complexity index is 1570. The Morgan fingerprint density at radius 1 is 0.821 bits per heavy atom. The maximum atomic E-state index is 13.5. The molecular weight excluding hydrogens is 534 g/mol. The quantitative estimate of drug-likeness (QED) is 0.215. The van der Waals surface area contributed by atoms with Crippen molar-refractivity contribution in [3.63, 3.8) is 0 Å². The fourth-order valence-electron chi connectivity index (χ4n) is 4.30. The van der Waals surface area contributed by atoms with E-state index in [0.717, 1.165) is 16.7 Å². The van der Waals surface area contributed by atoms with Gasteiger partial charge in [0.2, 0.25) is 0 Å². The molecule has 0 unspecified atom stereocenters. The van der Waals surface area contributed by atoms with Crippen LogP contribution in [0.5, 0.6) is 11.5 Å². The third-order valence-corrected chi connectivity index (χ3v) is 8.20. The van der Waals surface area contributed by atoms with Crippen LogP contribution in [0.15, 0.2) is 95.9 Å². The second-order valence-electron chi connectivity index (χ2n) is 9.05. The number of ether oxygens (including phenoxy) is 2. The van der Waals surface area contributed by atoms with Crippen LogP contribution in [0.4, 0.5) is 0 Å². The summed E-state index contributed by atoms with van der Waals surface area (Å²) in [5.41, 5.74) is 3.78. The van der Waals surface area contributed by atoms with Crippen LogP contribution in [0, 0.1) is 0 Å². The molecule has 0 fully saturated rings. The van der Waals surface area contributed by atoms with Crippen molar-refractivity contribution in [2.24, 2.45) is 0 Å². The number of rotatable bonds is 11. The summed E-state index contributed by atoms with van der Waals surface area (Å²) in [6.45, 7) is 0.492. The molecule has 4 rings (SSSR count). The van der Waals surface area contributed by atoms with Gasteiger partial charge in [-0.2, -0.15) is 0 Å². The number of methoxy groups -OCH3 is 2. The SMILES string of the molecule is COc1cccc(C(=O)NCCCc2cccc(CS(=O)(=O)c3cc(-c4cccc(Cl)c4)ccc3OC)c2)c1. The van der Waals surface area contributed by atoms with Gasteiger partial charge in [-0.15, -0.1) is 0 Å². The highest BCUT2D eigenvalue weighted by atomic mass is 35.5. The third kappa shape index (κ3) is 7.40. The first-order valence-electron chi connectivity index (χ1n) is 12.5. The molecular formula is C31H30ClNO5S. The Morgan fingerprint density at radius 2 is 1.56 bits per heavy atom. The normalized spacial score (nSPS) is 11.2. The van der Waals surface area contributed by atoms with Gasteiger partial charge in [-0.1, -0.05) is 60.1 Å². The number of carbonyl (C=O) groups excluding carboxylic acids is 1. The highest BCUT2D eigenvalue weighted by Gasteiger charge is 2.21. The predicted molar refractivity (Wildman–Crippen MR) is 154 cm³/mol. The molecule has 0 spiro atoms. The van der Waals surface area contributed by atoms with Gasteiger partial charge in [0.15, 0.2) is 9.84 Å². The van der Waals surface area contributed by atoms with Crippen LogP contribution in [0.3, 0.4) is 0 Å². The van der Waals surface area contributed by atoms with E-state index < -0.39 is 9.84 Å². The summed E-state index contributed by atoms with van der Waals surface area (Å²) >= 11 is 6.14. The topological polar surface area (TPSA) is 81.7 Å². The van der Waals surface area contributed by atoms with Crippen LogP contribution < -0.4 is 14.8 Å². The molecule has 0 heterocycles. The first-order chi connectivity index (χ1) is 18.8. The molecule has 0 radical (unpaired) electrons. The van der Waals surface area contributed by atoms with E-state index in [1.165, 1.54) is 7.11 Å². The average molecular weight is 564 g/mol. The minimum absolute atomic E-state index is 0.133. The van der Waals surface area contributed by atoms with E-state index in [4.69, 9.17) is 21.1 Å². The summed E-state index contributed by atoms with van der Waals surface area (Å²) in [5.74, 6) is 0.595. The van der Waals surface area contributed by atoms with Crippen molar-refractivity contribution in [1.82, 2.24) is 5.32 Å². The molecule has 0 saturated carbocycles. The van der Waals surface area contributed by atoms with Gasteiger partial charge in [0.25, 0.3) is 5.91 Å². The Morgan fingerprint density at radius 3 is 2.33 bits per heavy atom. The Hall–Kier alpha value is -3.81. The lowest BCUT2D eigenvalue weighted by atomic mass is 10.1. The maximum absolute atomic E-state index is 13.5. The van der Waals surface area contributed by atoms with Crippen LogP contribution >= 0.6 is 11.6 Å². The molecule has 0 aromatic heterocycles. The van der Waals surface area contributed by atoms with Crippen molar-refractivity contribution < 1.29 is 22.7 Å². The third-order valence-electron chi connectivity index (χ3n) is 6.26. The smallest absolute Gasteiger partial charge is 0.251 e. The zero-order chi connectivity index (χ0) is 27.8. The van der Waals surface area contributed by atoms with Crippen molar-refractivity contribution in [1.29, 1.82) is 0 Å². The molecule has 4 aromatic rings. The Balaban J connectivity index is 1.42. The van der Waals surface area contributed by atoms with Gasteiger partial charge >= 0.3 is 0 Å². The van der Waals surface area contributed by atoms with E-state index in [1.54, 1.807) is 61.7 Å². The fraction of sp³-hybridized carbons (Fsp3) is 0.194. The molecule has 0 atom stereocenters. The second kappa shape index (κ2) is 12.8. The largest absolute Gasteiger partial charge is 0.497 e. The number of benzene rings is 4. The summed E-state index contributed by atoms with van der Waals surface area (Å²) in [6.07, 6.45) is 1.40. The molecule has 6 nitrogen and oxygen atoms in total. The summed E-state index contributed by atoms with van der Waals surface area (Å²) in [4.78, 5) is 12.5. The maximum Gasteiger partial charge on any atom is 0.251 e. The zero-order valence-corrected chi connectivity index (χ0v) is 23.4.